The van der Waals surface area contributed by atoms with Gasteiger partial charge in [-0.25, -0.2) is 0 Å². The van der Waals surface area contributed by atoms with Crippen LogP contribution < -0.4 is 5.73 Å². The first-order chi connectivity index (χ1) is 8.35. The zero-order chi connectivity index (χ0) is 12.1. The lowest BCUT2D eigenvalue weighted by molar-refractivity contribution is 0.132. The standard InChI is InChI=1S/C12H22N4O/c1-2-16-10-11(9-14-16)12(8-13)15-4-3-6-17-7-5-15/h9-10,12H,2-8,13H2,1H3. The molecule has 1 aromatic rings. The van der Waals surface area contributed by atoms with Crippen LogP contribution >= 0.6 is 0 Å². The molecule has 0 aliphatic carbocycles. The van der Waals surface area contributed by atoms with Crippen LogP contribution in [0.15, 0.2) is 12.4 Å². The topological polar surface area (TPSA) is 56.3 Å². The SMILES string of the molecule is CCn1cc(C(CN)N2CCCOCC2)cn1. The first-order valence-corrected chi connectivity index (χ1v) is 6.39. The van der Waals surface area contributed by atoms with Crippen LogP contribution in [0, 0.1) is 0 Å². The van der Waals surface area contributed by atoms with Crippen molar-refractivity contribution in [3.8, 4) is 0 Å². The molecule has 1 aromatic heterocycles. The van der Waals surface area contributed by atoms with Gasteiger partial charge >= 0.3 is 0 Å². The number of hydrogen-bond donors (Lipinski definition) is 1. The maximum Gasteiger partial charge on any atom is 0.0593 e. The normalized spacial score (nSPS) is 20.1. The van der Waals surface area contributed by atoms with Crippen molar-refractivity contribution in [2.24, 2.45) is 5.73 Å². The van der Waals surface area contributed by atoms with Crippen molar-refractivity contribution in [3.63, 3.8) is 0 Å². The van der Waals surface area contributed by atoms with Crippen LogP contribution in [0.2, 0.25) is 0 Å². The number of ether oxygens (including phenoxy) is 1. The molecule has 1 aliphatic heterocycles. The minimum atomic E-state index is 0.275. The van der Waals surface area contributed by atoms with E-state index in [0.29, 0.717) is 6.54 Å². The van der Waals surface area contributed by atoms with E-state index in [2.05, 4.69) is 23.1 Å². The lowest BCUT2D eigenvalue weighted by Crippen LogP contribution is -2.35. The lowest BCUT2D eigenvalue weighted by atomic mass is 10.1. The Hall–Kier alpha value is -0.910. The third-order valence-electron chi connectivity index (χ3n) is 3.28. The number of aromatic nitrogens is 2. The molecule has 1 aliphatic rings. The highest BCUT2D eigenvalue weighted by Gasteiger charge is 2.21. The predicted molar refractivity (Wildman–Crippen MR) is 66.7 cm³/mol. The second kappa shape index (κ2) is 6.14. The summed E-state index contributed by atoms with van der Waals surface area (Å²) in [7, 11) is 0. The van der Waals surface area contributed by atoms with Crippen molar-refractivity contribution < 1.29 is 4.74 Å². The van der Waals surface area contributed by atoms with Gasteiger partial charge in [-0.2, -0.15) is 5.10 Å². The Morgan fingerprint density at radius 3 is 3.06 bits per heavy atom. The molecule has 17 heavy (non-hydrogen) atoms. The van der Waals surface area contributed by atoms with Gasteiger partial charge in [-0.15, -0.1) is 0 Å². The molecule has 0 saturated carbocycles. The van der Waals surface area contributed by atoms with Crippen LogP contribution in [0.25, 0.3) is 0 Å². The van der Waals surface area contributed by atoms with Crippen LogP contribution in [0.4, 0.5) is 0 Å². The van der Waals surface area contributed by atoms with Gasteiger partial charge in [0.15, 0.2) is 0 Å². The van der Waals surface area contributed by atoms with Gasteiger partial charge in [0.25, 0.3) is 0 Å². The minimum absolute atomic E-state index is 0.275. The second-order valence-electron chi connectivity index (χ2n) is 4.38. The van der Waals surface area contributed by atoms with Gasteiger partial charge in [-0.3, -0.25) is 9.58 Å². The summed E-state index contributed by atoms with van der Waals surface area (Å²) >= 11 is 0. The van der Waals surface area contributed by atoms with Gasteiger partial charge in [0.05, 0.1) is 18.8 Å². The highest BCUT2D eigenvalue weighted by molar-refractivity contribution is 5.11. The van der Waals surface area contributed by atoms with Gasteiger partial charge < -0.3 is 10.5 Å². The summed E-state index contributed by atoms with van der Waals surface area (Å²) in [5, 5.41) is 4.32. The molecule has 0 radical (unpaired) electrons. The summed E-state index contributed by atoms with van der Waals surface area (Å²) in [6, 6.07) is 0.275. The number of hydrogen-bond acceptors (Lipinski definition) is 4. The molecule has 0 spiro atoms. The molecule has 1 atom stereocenters. The van der Waals surface area contributed by atoms with E-state index in [1.54, 1.807) is 0 Å². The van der Waals surface area contributed by atoms with E-state index in [1.807, 2.05) is 10.9 Å². The van der Waals surface area contributed by atoms with Gasteiger partial charge in [-0.05, 0) is 13.3 Å². The fourth-order valence-corrected chi connectivity index (χ4v) is 2.30. The van der Waals surface area contributed by atoms with Crippen LogP contribution in [-0.2, 0) is 11.3 Å². The Morgan fingerprint density at radius 2 is 2.35 bits per heavy atom. The summed E-state index contributed by atoms with van der Waals surface area (Å²) in [6.45, 7) is 7.31. The minimum Gasteiger partial charge on any atom is -0.380 e. The number of rotatable bonds is 4. The lowest BCUT2D eigenvalue weighted by Gasteiger charge is -2.28. The fourth-order valence-electron chi connectivity index (χ4n) is 2.30. The Balaban J connectivity index is 2.08. The molecule has 5 nitrogen and oxygen atoms in total. The molecule has 0 amide bonds. The number of aryl methyl sites for hydroxylation is 1. The summed E-state index contributed by atoms with van der Waals surface area (Å²) in [5.41, 5.74) is 7.14. The largest absolute Gasteiger partial charge is 0.380 e. The van der Waals surface area contributed by atoms with Gasteiger partial charge in [0, 0.05) is 44.5 Å². The van der Waals surface area contributed by atoms with Gasteiger partial charge in [0.1, 0.15) is 0 Å². The molecule has 96 valence electrons. The molecule has 1 unspecified atom stereocenters. The second-order valence-corrected chi connectivity index (χ2v) is 4.38. The summed E-state index contributed by atoms with van der Waals surface area (Å²) in [6.07, 6.45) is 5.12. The zero-order valence-corrected chi connectivity index (χ0v) is 10.5. The third-order valence-corrected chi connectivity index (χ3v) is 3.28. The smallest absolute Gasteiger partial charge is 0.0593 e. The molecule has 1 fully saturated rings. The van der Waals surface area contributed by atoms with Crippen molar-refractivity contribution in [1.29, 1.82) is 0 Å². The molecule has 2 heterocycles. The van der Waals surface area contributed by atoms with Crippen LogP contribution in [0.1, 0.15) is 24.9 Å². The van der Waals surface area contributed by atoms with Crippen molar-refractivity contribution in [1.82, 2.24) is 14.7 Å². The quantitative estimate of drug-likeness (QED) is 0.835. The fraction of sp³-hybridized carbons (Fsp3) is 0.750. The zero-order valence-electron chi connectivity index (χ0n) is 10.5. The van der Waals surface area contributed by atoms with Crippen LogP contribution in [-0.4, -0.2) is 47.5 Å². The average molecular weight is 238 g/mol. The molecular weight excluding hydrogens is 216 g/mol. The van der Waals surface area contributed by atoms with Crippen LogP contribution in [0.5, 0.6) is 0 Å². The molecule has 0 bridgehead atoms. The van der Waals surface area contributed by atoms with E-state index in [4.69, 9.17) is 10.5 Å². The molecule has 2 rings (SSSR count). The Morgan fingerprint density at radius 1 is 1.47 bits per heavy atom. The third kappa shape index (κ3) is 3.06. The predicted octanol–water partition coefficient (Wildman–Crippen LogP) is 0.625. The first kappa shape index (κ1) is 12.5. The monoisotopic (exact) mass is 238 g/mol. The van der Waals surface area contributed by atoms with E-state index in [0.717, 1.165) is 39.3 Å². The summed E-state index contributed by atoms with van der Waals surface area (Å²) in [5.74, 6) is 0. The average Bonchev–Trinajstić information content (AvgIpc) is 2.66. The van der Waals surface area contributed by atoms with E-state index in [9.17, 15) is 0 Å². The number of nitrogens with two attached hydrogens (primary N) is 1. The van der Waals surface area contributed by atoms with E-state index >= 15 is 0 Å². The summed E-state index contributed by atoms with van der Waals surface area (Å²) < 4.78 is 7.43. The molecular formula is C12H22N4O. The van der Waals surface area contributed by atoms with E-state index in [1.165, 1.54) is 5.56 Å². The van der Waals surface area contributed by atoms with Crippen molar-refractivity contribution in [2.45, 2.75) is 25.9 Å². The van der Waals surface area contributed by atoms with E-state index < -0.39 is 0 Å². The van der Waals surface area contributed by atoms with Crippen molar-refractivity contribution in [2.75, 3.05) is 32.8 Å². The molecule has 1 saturated heterocycles. The van der Waals surface area contributed by atoms with Crippen molar-refractivity contribution in [3.05, 3.63) is 18.0 Å². The van der Waals surface area contributed by atoms with Gasteiger partial charge in [-0.1, -0.05) is 0 Å². The maximum absolute atomic E-state index is 5.92. The highest BCUT2D eigenvalue weighted by Crippen LogP contribution is 2.20. The first-order valence-electron chi connectivity index (χ1n) is 6.39. The highest BCUT2D eigenvalue weighted by atomic mass is 16.5. The molecule has 0 aromatic carbocycles. The Kier molecular flexibility index (Phi) is 4.53. The van der Waals surface area contributed by atoms with Crippen molar-refractivity contribution >= 4 is 0 Å². The Labute approximate surface area is 103 Å². The maximum atomic E-state index is 5.92. The van der Waals surface area contributed by atoms with Gasteiger partial charge in [0.2, 0.25) is 0 Å². The summed E-state index contributed by atoms with van der Waals surface area (Å²) in [4.78, 5) is 2.41. The van der Waals surface area contributed by atoms with E-state index in [-0.39, 0.29) is 6.04 Å². The van der Waals surface area contributed by atoms with Crippen LogP contribution in [0.3, 0.4) is 0 Å². The number of nitrogens with zero attached hydrogens (tertiary/aromatic N) is 3. The molecule has 5 heteroatoms. The Bertz CT molecular complexity index is 331. The molecule has 2 N–H and O–H groups in total.